The molecule has 20 heteroatoms. The van der Waals surface area contributed by atoms with Crippen LogP contribution in [0.4, 0.5) is 71.5 Å². The quantitative estimate of drug-likeness (QED) is 0.289. The average Bonchev–Trinajstić information content (AvgIpc) is 2.82. The summed E-state index contributed by atoms with van der Waals surface area (Å²) in [7, 11) is 0. The Labute approximate surface area is 217 Å². The fraction of sp³-hybridized carbons (Fsp3) is 0.500. The van der Waals surface area contributed by atoms with Crippen LogP contribution in [0.3, 0.4) is 0 Å². The molecule has 2 N–H and O–H groups in total. The first-order valence-electron chi connectivity index (χ1n) is 10.2. The van der Waals surface area contributed by atoms with Crippen molar-refractivity contribution in [3.8, 4) is 0 Å². The number of aromatic nitrogens is 1. The molecule has 40 heavy (non-hydrogen) atoms. The van der Waals surface area contributed by atoms with Crippen LogP contribution in [0.15, 0.2) is 30.5 Å². The number of benzene rings is 1. The largest absolute Gasteiger partial charge is 0.460 e. The molecule has 226 valence electrons. The molecule has 0 aliphatic carbocycles. The van der Waals surface area contributed by atoms with Gasteiger partial charge in [-0.3, -0.25) is 9.78 Å². The van der Waals surface area contributed by atoms with E-state index in [0.29, 0.717) is 6.07 Å². The number of carbonyl (C=O) groups excluding carboxylic acids is 1. The maximum Gasteiger partial charge on any atom is 0.460 e. The maximum absolute atomic E-state index is 14.7. The van der Waals surface area contributed by atoms with Crippen molar-refractivity contribution in [2.75, 3.05) is 18.0 Å². The number of nitrogens with zero attached hydrogens (tertiary/aromatic N) is 2. The van der Waals surface area contributed by atoms with Crippen LogP contribution in [0.25, 0.3) is 10.9 Å². The highest BCUT2D eigenvalue weighted by Gasteiger charge is 2.94. The van der Waals surface area contributed by atoms with E-state index in [4.69, 9.17) is 17.3 Å². The molecule has 1 aromatic heterocycles. The lowest BCUT2D eigenvalue weighted by molar-refractivity contribution is -0.449. The molecule has 4 nitrogen and oxygen atoms in total. The Kier molecular flexibility index (Phi) is 8.62. The van der Waals surface area contributed by atoms with Gasteiger partial charge in [-0.1, -0.05) is 11.6 Å². The second-order valence-corrected chi connectivity index (χ2v) is 8.47. The molecule has 1 aromatic carbocycles. The molecule has 0 saturated heterocycles. The minimum Gasteiger partial charge on any atom is -0.330 e. The summed E-state index contributed by atoms with van der Waals surface area (Å²) < 4.78 is 204. The standard InChI is InChI=1S/C20H13ClF15N3O/c21-9-2-3-10-11(8-9)38-6-4-12(10)39(7-1-5-37)13(40)14(22,23)15(24,25)16(26,27)17(28,29)18(30,31)19(32,33)20(34,35)36/h2-4,6,8H,1,5,7,37H2. The number of amides is 1. The number of anilines is 1. The van der Waals surface area contributed by atoms with Gasteiger partial charge in [0.1, 0.15) is 0 Å². The molecule has 0 aliphatic rings. The molecule has 1 amide bonds. The number of rotatable bonds is 10. The molecule has 0 aliphatic heterocycles. The molecule has 1 heterocycles. The van der Waals surface area contributed by atoms with E-state index in [1.54, 1.807) is 0 Å². The highest BCUT2D eigenvalue weighted by Crippen LogP contribution is 2.62. The van der Waals surface area contributed by atoms with E-state index in [-0.39, 0.29) is 20.8 Å². The predicted octanol–water partition coefficient (Wildman–Crippen LogP) is 6.94. The lowest BCUT2D eigenvalue weighted by atomic mass is 9.90. The van der Waals surface area contributed by atoms with Crippen molar-refractivity contribution in [1.82, 2.24) is 4.98 Å². The number of hydrogen-bond acceptors (Lipinski definition) is 3. The number of hydrogen-bond donors (Lipinski definition) is 1. The van der Waals surface area contributed by atoms with Crippen molar-refractivity contribution in [2.45, 2.75) is 48.1 Å². The van der Waals surface area contributed by atoms with Crippen LogP contribution in [-0.2, 0) is 4.79 Å². The summed E-state index contributed by atoms with van der Waals surface area (Å²) in [5.41, 5.74) is 4.15. The molecule has 0 fully saturated rings. The molecule has 0 bridgehead atoms. The van der Waals surface area contributed by atoms with E-state index in [1.807, 2.05) is 0 Å². The summed E-state index contributed by atoms with van der Waals surface area (Å²) in [6, 6.07) is 3.77. The van der Waals surface area contributed by atoms with Gasteiger partial charge in [0.05, 0.1) is 11.2 Å². The third kappa shape index (κ3) is 4.87. The summed E-state index contributed by atoms with van der Waals surface area (Å²) in [4.78, 5) is 15.9. The predicted molar refractivity (Wildman–Crippen MR) is 109 cm³/mol. The van der Waals surface area contributed by atoms with Gasteiger partial charge in [0.15, 0.2) is 0 Å². The Balaban J connectivity index is 2.70. The number of carbonyl (C=O) groups is 1. The summed E-state index contributed by atoms with van der Waals surface area (Å²) in [6.45, 7) is -1.60. The maximum atomic E-state index is 14.7. The first-order chi connectivity index (χ1) is 17.8. The Morgan fingerprint density at radius 1 is 0.775 bits per heavy atom. The Morgan fingerprint density at radius 2 is 1.27 bits per heavy atom. The highest BCUT2D eigenvalue weighted by atomic mass is 35.5. The second-order valence-electron chi connectivity index (χ2n) is 8.03. The van der Waals surface area contributed by atoms with Crippen LogP contribution in [0, 0.1) is 0 Å². The topological polar surface area (TPSA) is 59.2 Å². The lowest BCUT2D eigenvalue weighted by Gasteiger charge is -2.41. The van der Waals surface area contributed by atoms with Gasteiger partial charge in [-0.25, -0.2) is 0 Å². The number of pyridine rings is 1. The minimum atomic E-state index is -8.51. The molecular formula is C20H13ClF15N3O. The lowest BCUT2D eigenvalue weighted by Crippen LogP contribution is -2.74. The summed E-state index contributed by atoms with van der Waals surface area (Å²) in [5.74, 6) is -52.0. The van der Waals surface area contributed by atoms with Gasteiger partial charge in [-0.15, -0.1) is 0 Å². The van der Waals surface area contributed by atoms with Gasteiger partial charge >= 0.3 is 47.6 Å². The van der Waals surface area contributed by atoms with Crippen molar-refractivity contribution in [3.05, 3.63) is 35.5 Å². The third-order valence-corrected chi connectivity index (χ3v) is 5.63. The van der Waals surface area contributed by atoms with Crippen LogP contribution < -0.4 is 10.6 Å². The molecule has 0 unspecified atom stereocenters. The first-order valence-corrected chi connectivity index (χ1v) is 10.6. The fourth-order valence-corrected chi connectivity index (χ4v) is 3.36. The van der Waals surface area contributed by atoms with Gasteiger partial charge < -0.3 is 10.6 Å². The van der Waals surface area contributed by atoms with Crippen molar-refractivity contribution >= 4 is 34.1 Å². The molecule has 0 saturated carbocycles. The van der Waals surface area contributed by atoms with E-state index in [2.05, 4.69) is 4.98 Å². The van der Waals surface area contributed by atoms with Crippen LogP contribution in [0.1, 0.15) is 6.42 Å². The van der Waals surface area contributed by atoms with Gasteiger partial charge in [0, 0.05) is 23.2 Å². The normalized spacial score (nSPS) is 14.5. The zero-order valence-corrected chi connectivity index (χ0v) is 19.7. The fourth-order valence-electron chi connectivity index (χ4n) is 3.19. The van der Waals surface area contributed by atoms with Crippen molar-refractivity contribution in [3.63, 3.8) is 0 Å². The Bertz CT molecular complexity index is 1250. The van der Waals surface area contributed by atoms with Gasteiger partial charge in [0.25, 0.3) is 0 Å². The minimum absolute atomic E-state index is 0.0349. The van der Waals surface area contributed by atoms with Gasteiger partial charge in [-0.05, 0) is 37.2 Å². The summed E-state index contributed by atoms with van der Waals surface area (Å²) >= 11 is 5.72. The molecule has 0 radical (unpaired) electrons. The highest BCUT2D eigenvalue weighted by molar-refractivity contribution is 6.31. The molecule has 0 spiro atoms. The van der Waals surface area contributed by atoms with Crippen LogP contribution in [-0.4, -0.2) is 65.7 Å². The molecular weight excluding hydrogens is 619 g/mol. The average molecular weight is 632 g/mol. The van der Waals surface area contributed by atoms with Gasteiger partial charge in [0.2, 0.25) is 0 Å². The summed E-state index contributed by atoms with van der Waals surface area (Å²) in [6.07, 6.45) is -7.50. The van der Waals surface area contributed by atoms with E-state index in [0.717, 1.165) is 24.4 Å². The summed E-state index contributed by atoms with van der Waals surface area (Å²) in [5, 5.41) is -0.378. The smallest absolute Gasteiger partial charge is 0.330 e. The molecule has 2 aromatic rings. The number of halogens is 16. The second kappa shape index (κ2) is 10.3. The van der Waals surface area contributed by atoms with Gasteiger partial charge in [-0.2, -0.15) is 65.9 Å². The zero-order valence-electron chi connectivity index (χ0n) is 18.9. The number of alkyl halides is 15. The van der Waals surface area contributed by atoms with Crippen LogP contribution in [0.2, 0.25) is 5.02 Å². The number of nitrogens with two attached hydrogens (primary N) is 1. The molecule has 2 rings (SSSR count). The number of fused-ring (bicyclic) bond motifs is 1. The SMILES string of the molecule is NCCCN(C(=O)C(F)(F)C(F)(F)C(F)(F)C(F)(F)C(F)(F)C(F)(F)C(F)(F)F)c1ccnc2cc(Cl)ccc12. The van der Waals surface area contributed by atoms with E-state index >= 15 is 0 Å². The van der Waals surface area contributed by atoms with Crippen LogP contribution >= 0.6 is 11.6 Å². The zero-order chi connectivity index (χ0) is 31.3. The first kappa shape index (κ1) is 33.5. The van der Waals surface area contributed by atoms with Crippen molar-refractivity contribution in [1.29, 1.82) is 0 Å². The van der Waals surface area contributed by atoms with E-state index in [9.17, 15) is 70.7 Å². The van der Waals surface area contributed by atoms with Crippen LogP contribution in [0.5, 0.6) is 0 Å². The van der Waals surface area contributed by atoms with Crippen molar-refractivity contribution < 1.29 is 70.7 Å². The van der Waals surface area contributed by atoms with E-state index in [1.165, 1.54) is 0 Å². The van der Waals surface area contributed by atoms with Crippen molar-refractivity contribution in [2.24, 2.45) is 5.73 Å². The molecule has 0 atom stereocenters. The monoisotopic (exact) mass is 631 g/mol. The third-order valence-electron chi connectivity index (χ3n) is 5.40. The Hall–Kier alpha value is -2.70. The Morgan fingerprint density at radius 3 is 1.77 bits per heavy atom. The van der Waals surface area contributed by atoms with E-state index < -0.39 is 72.8 Å².